The summed E-state index contributed by atoms with van der Waals surface area (Å²) in [6, 6.07) is 6.30. The molecule has 0 saturated heterocycles. The van der Waals surface area contributed by atoms with Crippen LogP contribution in [-0.2, 0) is 16.1 Å². The molecular weight excluding hydrogens is 465 g/mol. The molecule has 6 heteroatoms. The van der Waals surface area contributed by atoms with Crippen molar-refractivity contribution in [3.8, 4) is 11.3 Å². The predicted molar refractivity (Wildman–Crippen MR) is 155 cm³/mol. The molecule has 2 rings (SSSR count). The van der Waals surface area contributed by atoms with Crippen LogP contribution in [0.4, 0.5) is 4.39 Å². The van der Waals surface area contributed by atoms with Crippen LogP contribution in [0.5, 0.6) is 0 Å². The molecule has 37 heavy (non-hydrogen) atoms. The minimum atomic E-state index is -0.301. The topological polar surface area (TPSA) is 56.2 Å². The van der Waals surface area contributed by atoms with Gasteiger partial charge in [0, 0.05) is 30.3 Å². The molecule has 5 nitrogen and oxygen atoms in total. The van der Waals surface area contributed by atoms with Gasteiger partial charge >= 0.3 is 0 Å². The lowest BCUT2D eigenvalue weighted by atomic mass is 9.95. The standard InChI is InChI=1S/C19H21FN2O.C9H17NO.C3H8/c1-14(2)5-6-15(3)19-18(16-7-9-17(20)10-8-16)21-13-22(19)11-12-23-4;1-6-7(2)10-8(11)9(3,4)5;1-3-2/h5-10,13H,1,3,11-12H2,2,4H3;6H,1-5H3,(H,10,11);3H2,1-2H3/b6-5-;7-6+;. The van der Waals surface area contributed by atoms with E-state index in [1.54, 1.807) is 25.6 Å². The number of allylic oxidation sites excluding steroid dienone is 6. The zero-order valence-electron chi connectivity index (χ0n) is 24.2. The maximum Gasteiger partial charge on any atom is 0.229 e. The molecule has 1 amide bonds. The molecule has 0 atom stereocenters. The Morgan fingerprint density at radius 1 is 1.14 bits per heavy atom. The Balaban J connectivity index is 0.000000777. The van der Waals surface area contributed by atoms with Crippen LogP contribution in [0.25, 0.3) is 16.8 Å². The molecule has 1 aromatic carbocycles. The molecule has 2 aromatic rings. The first-order valence-electron chi connectivity index (χ1n) is 12.6. The van der Waals surface area contributed by atoms with Crippen molar-refractivity contribution in [3.05, 3.63) is 84.8 Å². The van der Waals surface area contributed by atoms with Crippen LogP contribution in [0.2, 0.25) is 0 Å². The Bertz CT molecular complexity index is 1060. The number of rotatable bonds is 8. The number of benzene rings is 1. The average molecular weight is 512 g/mol. The Labute approximate surface area is 223 Å². The van der Waals surface area contributed by atoms with Crippen LogP contribution in [-0.4, -0.2) is 29.2 Å². The third-order valence-electron chi connectivity index (χ3n) is 4.79. The van der Waals surface area contributed by atoms with Gasteiger partial charge in [-0.1, -0.05) is 78.0 Å². The van der Waals surface area contributed by atoms with E-state index in [-0.39, 0.29) is 17.1 Å². The molecule has 1 heterocycles. The van der Waals surface area contributed by atoms with E-state index >= 15 is 0 Å². The van der Waals surface area contributed by atoms with Crippen LogP contribution in [0.1, 0.15) is 67.5 Å². The van der Waals surface area contributed by atoms with Gasteiger partial charge in [-0.05, 0) is 50.6 Å². The van der Waals surface area contributed by atoms with Crippen molar-refractivity contribution in [1.29, 1.82) is 0 Å². The lowest BCUT2D eigenvalue weighted by Gasteiger charge is -2.17. The van der Waals surface area contributed by atoms with Gasteiger partial charge in [-0.2, -0.15) is 0 Å². The zero-order valence-corrected chi connectivity index (χ0v) is 24.2. The molecule has 0 aliphatic heterocycles. The summed E-state index contributed by atoms with van der Waals surface area (Å²) in [7, 11) is 1.66. The highest BCUT2D eigenvalue weighted by molar-refractivity contribution is 5.83. The summed E-state index contributed by atoms with van der Waals surface area (Å²) in [5.41, 5.74) is 4.89. The number of methoxy groups -OCH3 is 1. The van der Waals surface area contributed by atoms with Gasteiger partial charge in [0.1, 0.15) is 5.82 Å². The Morgan fingerprint density at radius 2 is 1.70 bits per heavy atom. The number of carbonyl (C=O) groups is 1. The lowest BCUT2D eigenvalue weighted by molar-refractivity contribution is -0.127. The first-order chi connectivity index (χ1) is 17.3. The molecular formula is C31H46FN3O2. The van der Waals surface area contributed by atoms with E-state index in [2.05, 4.69) is 37.3 Å². The van der Waals surface area contributed by atoms with Crippen LogP contribution >= 0.6 is 0 Å². The molecule has 0 aliphatic rings. The summed E-state index contributed by atoms with van der Waals surface area (Å²) in [6.07, 6.45) is 8.70. The van der Waals surface area contributed by atoms with Gasteiger partial charge in [-0.3, -0.25) is 4.79 Å². The predicted octanol–water partition coefficient (Wildman–Crippen LogP) is 7.97. The van der Waals surface area contributed by atoms with Crippen molar-refractivity contribution in [2.24, 2.45) is 5.41 Å². The van der Waals surface area contributed by atoms with Gasteiger partial charge in [-0.25, -0.2) is 9.37 Å². The van der Waals surface area contributed by atoms with Gasteiger partial charge in [0.05, 0.1) is 24.3 Å². The Morgan fingerprint density at radius 3 is 2.16 bits per heavy atom. The second kappa shape index (κ2) is 17.2. The van der Waals surface area contributed by atoms with Gasteiger partial charge in [0.25, 0.3) is 0 Å². The largest absolute Gasteiger partial charge is 0.383 e. The minimum absolute atomic E-state index is 0.0631. The normalized spacial score (nSPS) is 11.2. The molecule has 204 valence electrons. The van der Waals surface area contributed by atoms with Crippen molar-refractivity contribution >= 4 is 11.5 Å². The fraction of sp³-hybridized carbons (Fsp3) is 0.419. The Hall–Kier alpha value is -3.25. The average Bonchev–Trinajstić information content (AvgIpc) is 3.25. The van der Waals surface area contributed by atoms with Crippen molar-refractivity contribution in [2.75, 3.05) is 13.7 Å². The van der Waals surface area contributed by atoms with Crippen molar-refractivity contribution in [2.45, 2.75) is 68.4 Å². The fourth-order valence-electron chi connectivity index (χ4n) is 2.66. The summed E-state index contributed by atoms with van der Waals surface area (Å²) in [4.78, 5) is 15.8. The van der Waals surface area contributed by atoms with E-state index in [1.807, 2.05) is 64.3 Å². The molecule has 0 saturated carbocycles. The second-order valence-electron chi connectivity index (χ2n) is 9.72. The summed E-state index contributed by atoms with van der Waals surface area (Å²) in [5.74, 6) is -0.205. The molecule has 0 spiro atoms. The summed E-state index contributed by atoms with van der Waals surface area (Å²) in [6.45, 7) is 24.9. The van der Waals surface area contributed by atoms with Crippen molar-refractivity contribution in [3.63, 3.8) is 0 Å². The number of amides is 1. The maximum absolute atomic E-state index is 13.2. The fourth-order valence-corrected chi connectivity index (χ4v) is 2.66. The lowest BCUT2D eigenvalue weighted by Crippen LogP contribution is -2.33. The van der Waals surface area contributed by atoms with E-state index in [9.17, 15) is 9.18 Å². The monoisotopic (exact) mass is 511 g/mol. The molecule has 0 fully saturated rings. The quantitative estimate of drug-likeness (QED) is 0.366. The highest BCUT2D eigenvalue weighted by Crippen LogP contribution is 2.28. The van der Waals surface area contributed by atoms with Gasteiger partial charge in [0.15, 0.2) is 0 Å². The number of aromatic nitrogens is 2. The highest BCUT2D eigenvalue weighted by Gasteiger charge is 2.20. The number of imidazole rings is 1. The first kappa shape index (κ1) is 33.8. The number of hydrogen-bond acceptors (Lipinski definition) is 3. The number of carbonyl (C=O) groups excluding carboxylic acids is 1. The molecule has 0 bridgehead atoms. The van der Waals surface area contributed by atoms with Crippen LogP contribution < -0.4 is 5.32 Å². The van der Waals surface area contributed by atoms with Crippen LogP contribution in [0, 0.1) is 11.2 Å². The highest BCUT2D eigenvalue weighted by atomic mass is 19.1. The molecule has 1 N–H and O–H groups in total. The van der Waals surface area contributed by atoms with E-state index in [1.165, 1.54) is 18.6 Å². The second-order valence-corrected chi connectivity index (χ2v) is 9.72. The van der Waals surface area contributed by atoms with Gasteiger partial charge in [0.2, 0.25) is 5.91 Å². The van der Waals surface area contributed by atoms with E-state index < -0.39 is 0 Å². The molecule has 0 aliphatic carbocycles. The molecule has 0 unspecified atom stereocenters. The van der Waals surface area contributed by atoms with Crippen LogP contribution in [0.3, 0.4) is 0 Å². The summed E-state index contributed by atoms with van der Waals surface area (Å²) < 4.78 is 20.3. The maximum atomic E-state index is 13.2. The zero-order chi connectivity index (χ0) is 28.6. The van der Waals surface area contributed by atoms with Gasteiger partial charge in [-0.15, -0.1) is 0 Å². The van der Waals surface area contributed by atoms with E-state index in [4.69, 9.17) is 4.74 Å². The number of nitrogens with zero attached hydrogens (tertiary/aromatic N) is 2. The minimum Gasteiger partial charge on any atom is -0.383 e. The number of hydrogen-bond donors (Lipinski definition) is 1. The molecule has 0 radical (unpaired) electrons. The van der Waals surface area contributed by atoms with Crippen molar-refractivity contribution in [1.82, 2.24) is 14.9 Å². The smallest absolute Gasteiger partial charge is 0.229 e. The third-order valence-corrected chi connectivity index (χ3v) is 4.79. The van der Waals surface area contributed by atoms with E-state index in [0.717, 1.165) is 33.8 Å². The number of ether oxygens (including phenoxy) is 1. The number of halogens is 1. The van der Waals surface area contributed by atoms with Gasteiger partial charge < -0.3 is 14.6 Å². The SMILES string of the molecule is C/C=C(\C)NC(=O)C(C)(C)C.C=C(C)/C=C\C(=C)c1c(-c2ccc(F)cc2)ncn1CCOC.CCC. The summed E-state index contributed by atoms with van der Waals surface area (Å²) in [5, 5.41) is 2.79. The summed E-state index contributed by atoms with van der Waals surface area (Å²) >= 11 is 0. The first-order valence-corrected chi connectivity index (χ1v) is 12.6. The Kier molecular flexibility index (Phi) is 15.7. The van der Waals surface area contributed by atoms with E-state index in [0.29, 0.717) is 13.2 Å². The van der Waals surface area contributed by atoms with Crippen molar-refractivity contribution < 1.29 is 13.9 Å². The van der Waals surface area contributed by atoms with Crippen LogP contribution in [0.15, 0.2) is 73.2 Å². The number of nitrogens with one attached hydrogen (secondary N) is 1. The third kappa shape index (κ3) is 13.0. The molecule has 1 aromatic heterocycles.